The Morgan fingerprint density at radius 1 is 0.684 bits per heavy atom. The van der Waals surface area contributed by atoms with Gasteiger partial charge < -0.3 is 15.4 Å². The lowest BCUT2D eigenvalue weighted by atomic mass is 9.90. The highest BCUT2D eigenvalue weighted by Gasteiger charge is 2.33. The van der Waals surface area contributed by atoms with E-state index in [1.807, 2.05) is 92.7 Å². The van der Waals surface area contributed by atoms with Crippen molar-refractivity contribution in [2.75, 3.05) is 7.11 Å². The number of amides is 2. The first-order chi connectivity index (χ1) is 18.3. The Balaban J connectivity index is 1.86. The Kier molecular flexibility index (Phi) is 10.3. The number of ketones is 1. The van der Waals surface area contributed by atoms with E-state index >= 15 is 0 Å². The molecule has 0 radical (unpaired) electrons. The third-order valence-corrected chi connectivity index (χ3v) is 6.17. The van der Waals surface area contributed by atoms with Crippen molar-refractivity contribution < 1.29 is 23.9 Å². The fraction of sp³-hybridized carbons (Fsp3) is 0.290. The van der Waals surface area contributed by atoms with Crippen LogP contribution in [0, 0.1) is 5.92 Å². The predicted octanol–water partition coefficient (Wildman–Crippen LogP) is 3.82. The number of ether oxygens (including phenoxy) is 1. The maximum atomic E-state index is 13.7. The molecule has 3 aromatic rings. The molecule has 0 aliphatic rings. The van der Waals surface area contributed by atoms with Gasteiger partial charge >= 0.3 is 5.97 Å². The molecular weight excluding hydrogens is 480 g/mol. The van der Waals surface area contributed by atoms with Gasteiger partial charge in [-0.3, -0.25) is 14.4 Å². The zero-order chi connectivity index (χ0) is 27.5. The summed E-state index contributed by atoms with van der Waals surface area (Å²) in [4.78, 5) is 52.0. The molecule has 0 saturated heterocycles. The minimum Gasteiger partial charge on any atom is -0.463 e. The van der Waals surface area contributed by atoms with Crippen molar-refractivity contribution in [3.8, 4) is 0 Å². The monoisotopic (exact) mass is 514 g/mol. The second-order valence-corrected chi connectivity index (χ2v) is 9.55. The van der Waals surface area contributed by atoms with Gasteiger partial charge in [0.1, 0.15) is 12.1 Å². The van der Waals surface area contributed by atoms with E-state index in [2.05, 4.69) is 15.4 Å². The highest BCUT2D eigenvalue weighted by atomic mass is 16.5. The molecular formula is C31H34N2O5. The number of esters is 1. The number of rotatable bonds is 12. The molecule has 3 aromatic carbocycles. The van der Waals surface area contributed by atoms with E-state index in [-0.39, 0.29) is 18.2 Å². The largest absolute Gasteiger partial charge is 0.463 e. The summed E-state index contributed by atoms with van der Waals surface area (Å²) in [5.74, 6) is -3.32. The molecule has 38 heavy (non-hydrogen) atoms. The van der Waals surface area contributed by atoms with Crippen molar-refractivity contribution in [2.24, 2.45) is 5.92 Å². The topological polar surface area (TPSA) is 102 Å². The zero-order valence-corrected chi connectivity index (χ0v) is 21.9. The summed E-state index contributed by atoms with van der Waals surface area (Å²) < 4.78 is 4.62. The molecule has 0 spiro atoms. The van der Waals surface area contributed by atoms with E-state index in [1.54, 1.807) is 12.1 Å². The fourth-order valence-corrected chi connectivity index (χ4v) is 4.32. The molecule has 1 unspecified atom stereocenters. The minimum atomic E-state index is -1.14. The summed E-state index contributed by atoms with van der Waals surface area (Å²) in [6.07, 6.45) is 0.456. The Morgan fingerprint density at radius 3 is 1.63 bits per heavy atom. The lowest BCUT2D eigenvalue weighted by Gasteiger charge is -2.26. The highest BCUT2D eigenvalue weighted by molar-refractivity contribution is 6.36. The Morgan fingerprint density at radius 2 is 1.16 bits per heavy atom. The van der Waals surface area contributed by atoms with E-state index in [9.17, 15) is 19.2 Å². The van der Waals surface area contributed by atoms with Gasteiger partial charge in [0, 0.05) is 6.42 Å². The number of carbonyl (C=O) groups is 4. The second-order valence-electron chi connectivity index (χ2n) is 9.55. The number of methoxy groups -OCH3 is 1. The van der Waals surface area contributed by atoms with Crippen LogP contribution in [0.3, 0.4) is 0 Å². The summed E-state index contributed by atoms with van der Waals surface area (Å²) >= 11 is 0. The summed E-state index contributed by atoms with van der Waals surface area (Å²) in [5.41, 5.74) is 2.36. The minimum absolute atomic E-state index is 0.0711. The normalized spacial score (nSPS) is 12.4. The van der Waals surface area contributed by atoms with Gasteiger partial charge in [0.2, 0.25) is 11.8 Å². The van der Waals surface area contributed by atoms with E-state index in [0.717, 1.165) is 23.8 Å². The molecule has 0 aliphatic carbocycles. The molecule has 0 aliphatic heterocycles. The molecule has 0 fully saturated rings. The average molecular weight is 515 g/mol. The van der Waals surface area contributed by atoms with Crippen molar-refractivity contribution in [1.82, 2.24) is 10.6 Å². The van der Waals surface area contributed by atoms with E-state index in [0.29, 0.717) is 6.42 Å². The van der Waals surface area contributed by atoms with Crippen LogP contribution in [0.2, 0.25) is 0 Å². The van der Waals surface area contributed by atoms with Gasteiger partial charge in [0.15, 0.2) is 0 Å². The number of nitrogens with one attached hydrogen (secondary N) is 2. The van der Waals surface area contributed by atoms with E-state index in [4.69, 9.17) is 0 Å². The third-order valence-electron chi connectivity index (χ3n) is 6.17. The smallest absolute Gasteiger partial charge is 0.376 e. The second kappa shape index (κ2) is 13.9. The quantitative estimate of drug-likeness (QED) is 0.283. The van der Waals surface area contributed by atoms with Crippen LogP contribution in [0.1, 0.15) is 42.9 Å². The van der Waals surface area contributed by atoms with Crippen molar-refractivity contribution in [2.45, 2.75) is 44.7 Å². The molecule has 3 rings (SSSR count). The number of Topliss-reactive ketones (excluding diaryl/α,β-unsaturated/α-hetero) is 1. The Bertz CT molecular complexity index is 1170. The van der Waals surface area contributed by atoms with Crippen LogP contribution in [0.5, 0.6) is 0 Å². The summed E-state index contributed by atoms with van der Waals surface area (Å²) in [7, 11) is 1.12. The zero-order valence-electron chi connectivity index (χ0n) is 21.9. The van der Waals surface area contributed by atoms with Crippen molar-refractivity contribution >= 4 is 23.6 Å². The Labute approximate surface area is 223 Å². The van der Waals surface area contributed by atoms with Gasteiger partial charge in [-0.05, 0) is 29.0 Å². The molecule has 0 saturated carbocycles. The van der Waals surface area contributed by atoms with Crippen LogP contribution in [0.25, 0.3) is 0 Å². The van der Waals surface area contributed by atoms with Gasteiger partial charge in [0.25, 0.3) is 5.78 Å². The maximum Gasteiger partial charge on any atom is 0.376 e. The molecule has 0 heterocycles. The van der Waals surface area contributed by atoms with E-state index < -0.39 is 35.7 Å². The van der Waals surface area contributed by atoms with Crippen LogP contribution in [-0.2, 0) is 30.3 Å². The van der Waals surface area contributed by atoms with Crippen LogP contribution in [-0.4, -0.2) is 42.8 Å². The summed E-state index contributed by atoms with van der Waals surface area (Å²) in [5, 5.41) is 5.62. The lowest BCUT2D eigenvalue weighted by molar-refractivity contribution is -0.153. The SMILES string of the molecule is COC(=O)C(=O)C(Cc1ccccc1)NC(=O)[C@H](CC(C)C)NC(=O)C(c1ccccc1)c1ccccc1. The van der Waals surface area contributed by atoms with Crippen molar-refractivity contribution in [3.05, 3.63) is 108 Å². The molecule has 7 nitrogen and oxygen atoms in total. The van der Waals surface area contributed by atoms with Crippen molar-refractivity contribution in [3.63, 3.8) is 0 Å². The van der Waals surface area contributed by atoms with Gasteiger partial charge in [0.05, 0.1) is 13.0 Å². The van der Waals surface area contributed by atoms with Crippen LogP contribution >= 0.6 is 0 Å². The van der Waals surface area contributed by atoms with Gasteiger partial charge in [-0.25, -0.2) is 4.79 Å². The lowest BCUT2D eigenvalue weighted by Crippen LogP contribution is -2.54. The van der Waals surface area contributed by atoms with Gasteiger partial charge in [-0.1, -0.05) is 105 Å². The molecule has 2 N–H and O–H groups in total. The molecule has 198 valence electrons. The first-order valence-electron chi connectivity index (χ1n) is 12.7. The Hall–Kier alpha value is -4.26. The fourth-order valence-electron chi connectivity index (χ4n) is 4.32. The summed E-state index contributed by atoms with van der Waals surface area (Å²) in [6, 6.07) is 25.7. The predicted molar refractivity (Wildman–Crippen MR) is 145 cm³/mol. The standard InChI is InChI=1S/C31H34N2O5/c1-21(2)19-26(29(35)32-25(28(34)31(37)38-3)20-22-13-7-4-8-14-22)33-30(36)27(23-15-9-5-10-16-23)24-17-11-6-12-18-24/h4-18,21,25-27H,19-20H2,1-3H3,(H,32,35)(H,33,36)/t25?,26-/m0/s1. The van der Waals surface area contributed by atoms with Gasteiger partial charge in [-0.2, -0.15) is 0 Å². The molecule has 7 heteroatoms. The third kappa shape index (κ3) is 7.87. The van der Waals surface area contributed by atoms with Crippen LogP contribution < -0.4 is 10.6 Å². The summed E-state index contributed by atoms with van der Waals surface area (Å²) in [6.45, 7) is 3.89. The van der Waals surface area contributed by atoms with Gasteiger partial charge in [-0.15, -0.1) is 0 Å². The first kappa shape index (κ1) is 28.3. The number of benzene rings is 3. The molecule has 0 aromatic heterocycles. The highest BCUT2D eigenvalue weighted by Crippen LogP contribution is 2.25. The van der Waals surface area contributed by atoms with Crippen molar-refractivity contribution in [1.29, 1.82) is 0 Å². The average Bonchev–Trinajstić information content (AvgIpc) is 2.93. The molecule has 0 bridgehead atoms. The number of carbonyl (C=O) groups excluding carboxylic acids is 4. The molecule has 2 atom stereocenters. The van der Waals surface area contributed by atoms with Crippen LogP contribution in [0.15, 0.2) is 91.0 Å². The molecule has 2 amide bonds. The van der Waals surface area contributed by atoms with Crippen LogP contribution in [0.4, 0.5) is 0 Å². The number of hydrogen-bond acceptors (Lipinski definition) is 5. The maximum absolute atomic E-state index is 13.7. The van der Waals surface area contributed by atoms with E-state index in [1.165, 1.54) is 0 Å². The first-order valence-corrected chi connectivity index (χ1v) is 12.7. The number of hydrogen-bond donors (Lipinski definition) is 2.